The first-order valence-corrected chi connectivity index (χ1v) is 7.99. The van der Waals surface area contributed by atoms with Gasteiger partial charge in [0.25, 0.3) is 5.91 Å². The van der Waals surface area contributed by atoms with Gasteiger partial charge in [0.15, 0.2) is 0 Å². The Labute approximate surface area is 133 Å². The van der Waals surface area contributed by atoms with Crippen LogP contribution in [0.5, 0.6) is 5.75 Å². The third-order valence-corrected chi connectivity index (χ3v) is 4.33. The summed E-state index contributed by atoms with van der Waals surface area (Å²) in [6.45, 7) is 8.50. The third kappa shape index (κ3) is 4.01. The van der Waals surface area contributed by atoms with Crippen LogP contribution >= 0.6 is 0 Å². The highest BCUT2D eigenvalue weighted by Crippen LogP contribution is 2.31. The lowest BCUT2D eigenvalue weighted by Crippen LogP contribution is -2.43. The van der Waals surface area contributed by atoms with Crippen LogP contribution in [0.15, 0.2) is 18.2 Å². The zero-order valence-electron chi connectivity index (χ0n) is 14.4. The average Bonchev–Trinajstić information content (AvgIpc) is 2.48. The second-order valence-electron chi connectivity index (χ2n) is 7.22. The monoisotopic (exact) mass is 304 g/mol. The molecular weight excluding hydrogens is 276 g/mol. The van der Waals surface area contributed by atoms with Gasteiger partial charge in [0.1, 0.15) is 5.75 Å². The van der Waals surface area contributed by atoms with E-state index in [1.165, 1.54) is 0 Å². The van der Waals surface area contributed by atoms with Crippen molar-refractivity contribution in [3.8, 4) is 5.75 Å². The molecule has 4 nitrogen and oxygen atoms in total. The maximum Gasteiger partial charge on any atom is 0.251 e. The van der Waals surface area contributed by atoms with Gasteiger partial charge >= 0.3 is 0 Å². The SMILES string of the molecule is COc1cc(C(=O)NC2CCN(C)CC2)ccc1C(C)(C)C. The fourth-order valence-electron chi connectivity index (χ4n) is 2.87. The predicted octanol–water partition coefficient (Wildman–Crippen LogP) is 2.82. The van der Waals surface area contributed by atoms with Crippen molar-refractivity contribution in [3.05, 3.63) is 29.3 Å². The fraction of sp³-hybridized carbons (Fsp3) is 0.611. The minimum atomic E-state index is -0.00619. The normalized spacial score (nSPS) is 17.3. The zero-order valence-corrected chi connectivity index (χ0v) is 14.4. The molecule has 0 unspecified atom stereocenters. The lowest BCUT2D eigenvalue weighted by Gasteiger charge is -2.29. The van der Waals surface area contributed by atoms with Crippen LogP contribution in [-0.4, -0.2) is 44.1 Å². The lowest BCUT2D eigenvalue weighted by molar-refractivity contribution is 0.0916. The Kier molecular flexibility index (Phi) is 5.12. The van der Waals surface area contributed by atoms with E-state index in [0.29, 0.717) is 5.56 Å². The van der Waals surface area contributed by atoms with Crippen molar-refractivity contribution in [1.29, 1.82) is 0 Å². The summed E-state index contributed by atoms with van der Waals surface area (Å²) < 4.78 is 5.48. The van der Waals surface area contributed by atoms with E-state index in [9.17, 15) is 4.79 Å². The standard InChI is InChI=1S/C18H28N2O2/c1-18(2,3)15-7-6-13(12-16(15)22-5)17(21)19-14-8-10-20(4)11-9-14/h6-7,12,14H,8-11H2,1-5H3,(H,19,21). The van der Waals surface area contributed by atoms with Crippen LogP contribution in [0.2, 0.25) is 0 Å². The molecule has 1 saturated heterocycles. The van der Waals surface area contributed by atoms with E-state index in [-0.39, 0.29) is 17.4 Å². The smallest absolute Gasteiger partial charge is 0.251 e. The summed E-state index contributed by atoms with van der Waals surface area (Å²) in [5.74, 6) is 0.775. The van der Waals surface area contributed by atoms with E-state index in [2.05, 4.69) is 38.0 Å². The van der Waals surface area contributed by atoms with Crippen molar-refractivity contribution in [1.82, 2.24) is 10.2 Å². The molecule has 1 aliphatic rings. The number of benzene rings is 1. The predicted molar refractivity (Wildman–Crippen MR) is 89.7 cm³/mol. The van der Waals surface area contributed by atoms with Crippen LogP contribution in [0.4, 0.5) is 0 Å². The van der Waals surface area contributed by atoms with Gasteiger partial charge in [0.2, 0.25) is 0 Å². The number of likely N-dealkylation sites (tertiary alicyclic amines) is 1. The third-order valence-electron chi connectivity index (χ3n) is 4.33. The zero-order chi connectivity index (χ0) is 16.3. The molecule has 1 aromatic rings. The van der Waals surface area contributed by atoms with Crippen LogP contribution < -0.4 is 10.1 Å². The molecule has 1 fully saturated rings. The van der Waals surface area contributed by atoms with Gasteiger partial charge in [-0.2, -0.15) is 0 Å². The summed E-state index contributed by atoms with van der Waals surface area (Å²) in [7, 11) is 3.78. The summed E-state index contributed by atoms with van der Waals surface area (Å²) in [5, 5.41) is 3.14. The molecular formula is C18H28N2O2. The number of rotatable bonds is 3. The van der Waals surface area contributed by atoms with Crippen LogP contribution in [0.3, 0.4) is 0 Å². The minimum Gasteiger partial charge on any atom is -0.496 e. The number of nitrogens with one attached hydrogen (secondary N) is 1. The second kappa shape index (κ2) is 6.69. The van der Waals surface area contributed by atoms with E-state index in [4.69, 9.17) is 4.74 Å². The molecule has 0 saturated carbocycles. The molecule has 2 rings (SSSR count). The van der Waals surface area contributed by atoms with Crippen molar-refractivity contribution in [2.75, 3.05) is 27.2 Å². The van der Waals surface area contributed by atoms with E-state index < -0.39 is 0 Å². The average molecular weight is 304 g/mol. The molecule has 0 aromatic heterocycles. The van der Waals surface area contributed by atoms with E-state index >= 15 is 0 Å². The summed E-state index contributed by atoms with van der Waals surface area (Å²) in [5.41, 5.74) is 1.78. The lowest BCUT2D eigenvalue weighted by atomic mass is 9.85. The fourth-order valence-corrected chi connectivity index (χ4v) is 2.87. The number of nitrogens with zero attached hydrogens (tertiary/aromatic N) is 1. The molecule has 0 atom stereocenters. The van der Waals surface area contributed by atoms with E-state index in [1.54, 1.807) is 7.11 Å². The molecule has 1 aliphatic heterocycles. The molecule has 1 heterocycles. The highest BCUT2D eigenvalue weighted by Gasteiger charge is 2.22. The van der Waals surface area contributed by atoms with Gasteiger partial charge < -0.3 is 15.0 Å². The first kappa shape index (κ1) is 16.8. The molecule has 122 valence electrons. The van der Waals surface area contributed by atoms with Crippen molar-refractivity contribution in [3.63, 3.8) is 0 Å². The summed E-state index contributed by atoms with van der Waals surface area (Å²) >= 11 is 0. The van der Waals surface area contributed by atoms with Crippen LogP contribution in [0.1, 0.15) is 49.5 Å². The Hall–Kier alpha value is -1.55. The van der Waals surface area contributed by atoms with Crippen LogP contribution in [-0.2, 0) is 5.41 Å². The maximum absolute atomic E-state index is 12.4. The van der Waals surface area contributed by atoms with Gasteiger partial charge in [-0.25, -0.2) is 0 Å². The molecule has 1 N–H and O–H groups in total. The molecule has 0 radical (unpaired) electrons. The van der Waals surface area contributed by atoms with Crippen LogP contribution in [0.25, 0.3) is 0 Å². The first-order chi connectivity index (χ1) is 10.3. The van der Waals surface area contributed by atoms with Gasteiger partial charge in [-0.15, -0.1) is 0 Å². The minimum absolute atomic E-state index is 0.00565. The number of methoxy groups -OCH3 is 1. The highest BCUT2D eigenvalue weighted by atomic mass is 16.5. The Morgan fingerprint density at radius 3 is 2.45 bits per heavy atom. The maximum atomic E-state index is 12.4. The molecule has 4 heteroatoms. The summed E-state index contributed by atoms with van der Waals surface area (Å²) in [6.07, 6.45) is 2.03. The molecule has 22 heavy (non-hydrogen) atoms. The topological polar surface area (TPSA) is 41.6 Å². The Balaban J connectivity index is 2.10. The van der Waals surface area contributed by atoms with E-state index in [0.717, 1.165) is 37.2 Å². The van der Waals surface area contributed by atoms with Gasteiger partial charge in [-0.3, -0.25) is 4.79 Å². The number of hydrogen-bond donors (Lipinski definition) is 1. The Bertz CT molecular complexity index is 526. The summed E-state index contributed by atoms with van der Waals surface area (Å²) in [6, 6.07) is 6.03. The van der Waals surface area contributed by atoms with Crippen molar-refractivity contribution < 1.29 is 9.53 Å². The number of amides is 1. The molecule has 0 spiro atoms. The first-order valence-electron chi connectivity index (χ1n) is 7.99. The number of carbonyl (C=O) groups is 1. The molecule has 1 aromatic carbocycles. The number of ether oxygens (including phenoxy) is 1. The summed E-state index contributed by atoms with van der Waals surface area (Å²) in [4.78, 5) is 14.7. The molecule has 1 amide bonds. The van der Waals surface area contributed by atoms with Gasteiger partial charge in [0.05, 0.1) is 7.11 Å². The second-order valence-corrected chi connectivity index (χ2v) is 7.22. The van der Waals surface area contributed by atoms with Crippen LogP contribution in [0, 0.1) is 0 Å². The number of piperidine rings is 1. The van der Waals surface area contributed by atoms with Gasteiger partial charge in [-0.05, 0) is 56.1 Å². The van der Waals surface area contributed by atoms with Crippen molar-refractivity contribution in [2.24, 2.45) is 0 Å². The quantitative estimate of drug-likeness (QED) is 0.933. The van der Waals surface area contributed by atoms with E-state index in [1.807, 2.05) is 18.2 Å². The Morgan fingerprint density at radius 2 is 1.91 bits per heavy atom. The van der Waals surface area contributed by atoms with Gasteiger partial charge in [-0.1, -0.05) is 26.8 Å². The number of carbonyl (C=O) groups excluding carboxylic acids is 1. The number of hydrogen-bond acceptors (Lipinski definition) is 3. The molecule has 0 bridgehead atoms. The largest absolute Gasteiger partial charge is 0.496 e. The van der Waals surface area contributed by atoms with Gasteiger partial charge in [0, 0.05) is 11.6 Å². The molecule has 0 aliphatic carbocycles. The van der Waals surface area contributed by atoms with Crippen molar-refractivity contribution in [2.45, 2.75) is 45.1 Å². The highest BCUT2D eigenvalue weighted by molar-refractivity contribution is 5.95. The Morgan fingerprint density at radius 1 is 1.27 bits per heavy atom. The van der Waals surface area contributed by atoms with Crippen molar-refractivity contribution >= 4 is 5.91 Å².